The van der Waals surface area contributed by atoms with E-state index in [1.54, 1.807) is 41.3 Å². The molecule has 1 aromatic rings. The van der Waals surface area contributed by atoms with Gasteiger partial charge in [-0.15, -0.1) is 11.8 Å². The Bertz CT molecular complexity index is 872. The van der Waals surface area contributed by atoms with E-state index < -0.39 is 24.0 Å². The lowest BCUT2D eigenvalue weighted by Gasteiger charge is -2.34. The molecule has 2 heterocycles. The van der Waals surface area contributed by atoms with Gasteiger partial charge >= 0.3 is 11.9 Å². The molecule has 0 bridgehead atoms. The predicted molar refractivity (Wildman–Crippen MR) is 102 cm³/mol. The van der Waals surface area contributed by atoms with Gasteiger partial charge in [-0.3, -0.25) is 4.79 Å². The molecule has 2 unspecified atom stereocenters. The minimum absolute atomic E-state index is 0.0229. The third kappa shape index (κ3) is 3.19. The fraction of sp³-hybridized carbons (Fsp3) is 0.250. The third-order valence-electron chi connectivity index (χ3n) is 4.55. The number of hydrogen-bond donors (Lipinski definition) is 0. The topological polar surface area (TPSA) is 72.9 Å². The first-order chi connectivity index (χ1) is 13.0. The normalized spacial score (nSPS) is 20.9. The van der Waals surface area contributed by atoms with Gasteiger partial charge in [-0.2, -0.15) is 0 Å². The highest BCUT2D eigenvalue weighted by Gasteiger charge is 2.50. The lowest BCUT2D eigenvalue weighted by atomic mass is 9.96. The molecule has 6 nitrogen and oxygen atoms in total. The molecule has 0 saturated heterocycles. The van der Waals surface area contributed by atoms with Gasteiger partial charge in [-0.1, -0.05) is 42.5 Å². The highest BCUT2D eigenvalue weighted by Crippen LogP contribution is 2.41. The molecule has 0 saturated carbocycles. The number of Topliss-reactive ketones (excluding diaryl/α,β-unsaturated/α-hetero) is 1. The Labute approximate surface area is 161 Å². The number of carbonyl (C=O) groups excluding carboxylic acids is 3. The number of esters is 2. The van der Waals surface area contributed by atoms with Crippen LogP contribution in [-0.2, 0) is 19.1 Å². The van der Waals surface area contributed by atoms with Crippen LogP contribution in [0.3, 0.4) is 0 Å². The second kappa shape index (κ2) is 7.84. The Morgan fingerprint density at radius 1 is 1.00 bits per heavy atom. The summed E-state index contributed by atoms with van der Waals surface area (Å²) >= 11 is 1.43. The van der Waals surface area contributed by atoms with E-state index in [1.165, 1.54) is 26.0 Å². The molecular formula is C20H19NO5S. The highest BCUT2D eigenvalue weighted by molar-refractivity contribution is 8.02. The van der Waals surface area contributed by atoms with Gasteiger partial charge in [0, 0.05) is 5.56 Å². The van der Waals surface area contributed by atoms with Gasteiger partial charge in [0.1, 0.15) is 6.04 Å². The monoisotopic (exact) mass is 385 g/mol. The average Bonchev–Trinajstić information content (AvgIpc) is 3.07. The summed E-state index contributed by atoms with van der Waals surface area (Å²) in [4.78, 5) is 40.3. The summed E-state index contributed by atoms with van der Waals surface area (Å²) in [6.45, 7) is 0. The van der Waals surface area contributed by atoms with Gasteiger partial charge < -0.3 is 14.4 Å². The molecule has 2 aliphatic rings. The quantitative estimate of drug-likeness (QED) is 0.569. The summed E-state index contributed by atoms with van der Waals surface area (Å²) in [6, 6.07) is 7.14. The van der Waals surface area contributed by atoms with E-state index in [-0.39, 0.29) is 16.9 Å². The Morgan fingerprint density at radius 2 is 1.63 bits per heavy atom. The van der Waals surface area contributed by atoms with Crippen molar-refractivity contribution in [1.29, 1.82) is 0 Å². The molecule has 1 aromatic carbocycles. The first-order valence-corrected chi connectivity index (χ1v) is 9.48. The van der Waals surface area contributed by atoms with Crippen LogP contribution < -0.4 is 0 Å². The number of rotatable bonds is 5. The lowest BCUT2D eigenvalue weighted by molar-refractivity contribution is -0.139. The number of ether oxygens (including phenoxy) is 2. The minimum Gasteiger partial charge on any atom is -0.466 e. The Balaban J connectivity index is 2.22. The zero-order valence-electron chi connectivity index (χ0n) is 15.2. The van der Waals surface area contributed by atoms with E-state index in [0.717, 1.165) is 5.03 Å². The van der Waals surface area contributed by atoms with E-state index in [4.69, 9.17) is 9.47 Å². The summed E-state index contributed by atoms with van der Waals surface area (Å²) in [6.07, 6.45) is 7.30. The molecule has 140 valence electrons. The van der Waals surface area contributed by atoms with E-state index in [1.807, 2.05) is 18.4 Å². The molecule has 0 aromatic heterocycles. The SMILES string of the molecule is COC(=O)C1=C(C(=O)OC)C(C(=O)c2ccccc2)N2C(SC)=CC=CC12. The van der Waals surface area contributed by atoms with Crippen molar-refractivity contribution in [3.8, 4) is 0 Å². The number of allylic oxidation sites excluding steroid dienone is 2. The number of ketones is 1. The van der Waals surface area contributed by atoms with Crippen molar-refractivity contribution < 1.29 is 23.9 Å². The van der Waals surface area contributed by atoms with Crippen molar-refractivity contribution >= 4 is 29.5 Å². The summed E-state index contributed by atoms with van der Waals surface area (Å²) < 4.78 is 9.82. The molecule has 27 heavy (non-hydrogen) atoms. The van der Waals surface area contributed by atoms with Crippen LogP contribution in [0.15, 0.2) is 64.7 Å². The minimum atomic E-state index is -0.970. The first-order valence-electron chi connectivity index (χ1n) is 8.25. The fourth-order valence-electron chi connectivity index (χ4n) is 3.39. The van der Waals surface area contributed by atoms with E-state index >= 15 is 0 Å². The highest BCUT2D eigenvalue weighted by atomic mass is 32.2. The standard InChI is InChI=1S/C20H19NO5S/c1-25-19(23)15-13-10-7-11-14(27-3)21(13)17(16(15)20(24)26-2)18(22)12-8-5-4-6-9-12/h4-11,13,17H,1-3H3. The Morgan fingerprint density at radius 3 is 2.22 bits per heavy atom. The smallest absolute Gasteiger partial charge is 0.336 e. The van der Waals surface area contributed by atoms with Crippen LogP contribution in [-0.4, -0.2) is 55.2 Å². The summed E-state index contributed by atoms with van der Waals surface area (Å²) in [7, 11) is 2.48. The van der Waals surface area contributed by atoms with Crippen molar-refractivity contribution in [3.63, 3.8) is 0 Å². The molecular weight excluding hydrogens is 366 g/mol. The molecule has 7 heteroatoms. The van der Waals surface area contributed by atoms with E-state index in [9.17, 15) is 14.4 Å². The summed E-state index contributed by atoms with van der Waals surface area (Å²) in [5, 5.41) is 0.775. The van der Waals surface area contributed by atoms with Gasteiger partial charge in [0.2, 0.25) is 0 Å². The van der Waals surface area contributed by atoms with E-state index in [0.29, 0.717) is 5.56 Å². The van der Waals surface area contributed by atoms with E-state index in [2.05, 4.69) is 0 Å². The van der Waals surface area contributed by atoms with Crippen LogP contribution in [0.5, 0.6) is 0 Å². The lowest BCUT2D eigenvalue weighted by Crippen LogP contribution is -2.43. The van der Waals surface area contributed by atoms with Crippen LogP contribution in [0.1, 0.15) is 10.4 Å². The summed E-state index contributed by atoms with van der Waals surface area (Å²) in [5.74, 6) is -1.65. The zero-order valence-corrected chi connectivity index (χ0v) is 16.0. The number of thioether (sulfide) groups is 1. The predicted octanol–water partition coefficient (Wildman–Crippen LogP) is 2.34. The maximum Gasteiger partial charge on any atom is 0.336 e. The van der Waals surface area contributed by atoms with Gasteiger partial charge in [0.25, 0.3) is 0 Å². The molecule has 0 fully saturated rings. The number of hydrogen-bond acceptors (Lipinski definition) is 7. The van der Waals surface area contributed by atoms with Crippen LogP contribution in [0.2, 0.25) is 0 Å². The van der Waals surface area contributed by atoms with Gasteiger partial charge in [-0.25, -0.2) is 9.59 Å². The molecule has 0 N–H and O–H groups in total. The number of nitrogens with zero attached hydrogens (tertiary/aromatic N) is 1. The van der Waals surface area contributed by atoms with Crippen LogP contribution >= 0.6 is 11.8 Å². The van der Waals surface area contributed by atoms with Crippen LogP contribution in [0, 0.1) is 0 Å². The van der Waals surface area contributed by atoms with Crippen molar-refractivity contribution in [2.75, 3.05) is 20.5 Å². The fourth-order valence-corrected chi connectivity index (χ4v) is 4.04. The van der Waals surface area contributed by atoms with Crippen molar-refractivity contribution in [2.24, 2.45) is 0 Å². The number of benzene rings is 1. The molecule has 2 aliphatic heterocycles. The van der Waals surface area contributed by atoms with Crippen LogP contribution in [0.25, 0.3) is 0 Å². The van der Waals surface area contributed by atoms with Gasteiger partial charge in [-0.05, 0) is 12.3 Å². The molecule has 0 spiro atoms. The van der Waals surface area contributed by atoms with Gasteiger partial charge in [0.15, 0.2) is 5.78 Å². The number of carbonyl (C=O) groups is 3. The zero-order chi connectivity index (χ0) is 19.6. The second-order valence-electron chi connectivity index (χ2n) is 5.89. The van der Waals surface area contributed by atoms with Gasteiger partial charge in [0.05, 0.1) is 36.4 Å². The van der Waals surface area contributed by atoms with Crippen LogP contribution in [0.4, 0.5) is 0 Å². The maximum absolute atomic E-state index is 13.4. The average molecular weight is 385 g/mol. The van der Waals surface area contributed by atoms with Crippen molar-refractivity contribution in [1.82, 2.24) is 4.90 Å². The molecule has 0 aliphatic carbocycles. The number of fused-ring (bicyclic) bond motifs is 1. The van der Waals surface area contributed by atoms with Crippen molar-refractivity contribution in [3.05, 3.63) is 70.3 Å². The van der Waals surface area contributed by atoms with Crippen molar-refractivity contribution in [2.45, 2.75) is 12.1 Å². The summed E-state index contributed by atoms with van der Waals surface area (Å²) in [5.41, 5.74) is 0.605. The molecule has 0 radical (unpaired) electrons. The third-order valence-corrected chi connectivity index (χ3v) is 5.32. The molecule has 0 amide bonds. The first kappa shape index (κ1) is 19.0. The Kier molecular flexibility index (Phi) is 5.51. The Hall–Kier alpha value is -2.80. The largest absolute Gasteiger partial charge is 0.466 e. The molecule has 2 atom stereocenters. The number of methoxy groups -OCH3 is 2. The maximum atomic E-state index is 13.4. The second-order valence-corrected chi connectivity index (χ2v) is 6.72. The molecule has 3 rings (SSSR count).